The molecule has 2 N–H and O–H groups in total. The van der Waals surface area contributed by atoms with Crippen LogP contribution in [-0.2, 0) is 7.05 Å². The van der Waals surface area contributed by atoms with Gasteiger partial charge in [-0.15, -0.1) is 0 Å². The predicted molar refractivity (Wildman–Crippen MR) is 53.8 cm³/mol. The minimum Gasteiger partial charge on any atom is -0.340 e. The van der Waals surface area contributed by atoms with E-state index in [1.165, 1.54) is 0 Å². The second kappa shape index (κ2) is 4.76. The van der Waals surface area contributed by atoms with Crippen LogP contribution in [0.25, 0.3) is 0 Å². The summed E-state index contributed by atoms with van der Waals surface area (Å²) in [6.07, 6.45) is 2.43. The van der Waals surface area contributed by atoms with Crippen molar-refractivity contribution in [3.63, 3.8) is 0 Å². The monoisotopic (exact) mass is 196 g/mol. The van der Waals surface area contributed by atoms with Gasteiger partial charge in [-0.2, -0.15) is 5.10 Å². The van der Waals surface area contributed by atoms with Crippen LogP contribution in [0.5, 0.6) is 0 Å². The van der Waals surface area contributed by atoms with Gasteiger partial charge in [-0.1, -0.05) is 0 Å². The molecule has 0 bridgehead atoms. The summed E-state index contributed by atoms with van der Waals surface area (Å²) in [5.41, 5.74) is 5.97. The van der Waals surface area contributed by atoms with Crippen molar-refractivity contribution in [3.8, 4) is 0 Å². The largest absolute Gasteiger partial charge is 0.340 e. The normalized spacial score (nSPS) is 10.2. The van der Waals surface area contributed by atoms with Gasteiger partial charge in [0.15, 0.2) is 0 Å². The van der Waals surface area contributed by atoms with Crippen molar-refractivity contribution in [1.29, 1.82) is 0 Å². The summed E-state index contributed by atoms with van der Waals surface area (Å²) in [7, 11) is 3.52. The van der Waals surface area contributed by atoms with E-state index >= 15 is 0 Å². The smallest absolute Gasteiger partial charge is 0.271 e. The lowest BCUT2D eigenvalue weighted by molar-refractivity contribution is 0.0783. The van der Waals surface area contributed by atoms with Gasteiger partial charge in [0, 0.05) is 26.8 Å². The van der Waals surface area contributed by atoms with E-state index in [1.54, 1.807) is 35.9 Å². The highest BCUT2D eigenvalue weighted by Crippen LogP contribution is 2.01. The van der Waals surface area contributed by atoms with E-state index in [4.69, 9.17) is 5.73 Å². The lowest BCUT2D eigenvalue weighted by Crippen LogP contribution is -2.30. The van der Waals surface area contributed by atoms with Gasteiger partial charge in [0.1, 0.15) is 5.69 Å². The molecule has 1 heterocycles. The fourth-order valence-electron chi connectivity index (χ4n) is 1.21. The molecule has 0 unspecified atom stereocenters. The average Bonchev–Trinajstić information content (AvgIpc) is 2.59. The van der Waals surface area contributed by atoms with Gasteiger partial charge in [-0.3, -0.25) is 9.48 Å². The quantitative estimate of drug-likeness (QED) is 0.727. The number of aryl methyl sites for hydroxylation is 1. The van der Waals surface area contributed by atoms with E-state index in [9.17, 15) is 4.79 Å². The fourth-order valence-corrected chi connectivity index (χ4v) is 1.21. The highest BCUT2D eigenvalue weighted by molar-refractivity contribution is 5.92. The highest BCUT2D eigenvalue weighted by atomic mass is 16.2. The molecule has 1 amide bonds. The molecule has 0 radical (unpaired) electrons. The van der Waals surface area contributed by atoms with E-state index in [0.29, 0.717) is 18.8 Å². The summed E-state index contributed by atoms with van der Waals surface area (Å²) in [6, 6.07) is 1.71. The van der Waals surface area contributed by atoms with Gasteiger partial charge in [-0.05, 0) is 19.0 Å². The van der Waals surface area contributed by atoms with Crippen molar-refractivity contribution in [2.45, 2.75) is 6.42 Å². The lowest BCUT2D eigenvalue weighted by atomic mass is 10.3. The first-order valence-electron chi connectivity index (χ1n) is 4.60. The van der Waals surface area contributed by atoms with Gasteiger partial charge < -0.3 is 10.6 Å². The highest BCUT2D eigenvalue weighted by Gasteiger charge is 2.13. The van der Waals surface area contributed by atoms with Gasteiger partial charge in [0.2, 0.25) is 0 Å². The molecule has 1 aromatic heterocycles. The molecule has 0 saturated heterocycles. The molecule has 1 rings (SSSR count). The molecule has 0 fully saturated rings. The Morgan fingerprint density at radius 3 is 2.93 bits per heavy atom. The third kappa shape index (κ3) is 2.32. The maximum absolute atomic E-state index is 11.8. The van der Waals surface area contributed by atoms with Crippen LogP contribution in [-0.4, -0.2) is 40.7 Å². The summed E-state index contributed by atoms with van der Waals surface area (Å²) in [4.78, 5) is 13.4. The SMILES string of the molecule is CN(CCCN)C(=O)c1ccnn1C. The molecule has 0 aliphatic carbocycles. The van der Waals surface area contributed by atoms with E-state index in [-0.39, 0.29) is 5.91 Å². The molecular formula is C9H16N4O. The molecule has 0 atom stereocenters. The van der Waals surface area contributed by atoms with Gasteiger partial charge in [0.05, 0.1) is 0 Å². The number of rotatable bonds is 4. The van der Waals surface area contributed by atoms with Crippen LogP contribution < -0.4 is 5.73 Å². The van der Waals surface area contributed by atoms with Gasteiger partial charge in [0.25, 0.3) is 5.91 Å². The summed E-state index contributed by atoms with van der Waals surface area (Å²) < 4.78 is 1.57. The number of hydrogen-bond acceptors (Lipinski definition) is 3. The third-order valence-corrected chi connectivity index (χ3v) is 2.08. The summed E-state index contributed by atoms with van der Waals surface area (Å²) >= 11 is 0. The standard InChI is InChI=1S/C9H16N4O/c1-12(7-3-5-10)9(14)8-4-6-11-13(8)2/h4,6H,3,5,7,10H2,1-2H3. The van der Waals surface area contributed by atoms with Crippen molar-refractivity contribution in [3.05, 3.63) is 18.0 Å². The zero-order valence-corrected chi connectivity index (χ0v) is 8.60. The lowest BCUT2D eigenvalue weighted by Gasteiger charge is -2.16. The van der Waals surface area contributed by atoms with Gasteiger partial charge in [-0.25, -0.2) is 0 Å². The molecule has 0 aromatic carbocycles. The minimum absolute atomic E-state index is 0.0153. The van der Waals surface area contributed by atoms with Crippen LogP contribution in [0, 0.1) is 0 Å². The maximum Gasteiger partial charge on any atom is 0.271 e. The number of nitrogens with zero attached hydrogens (tertiary/aromatic N) is 3. The first-order chi connectivity index (χ1) is 6.66. The Hall–Kier alpha value is -1.36. The van der Waals surface area contributed by atoms with E-state index < -0.39 is 0 Å². The second-order valence-corrected chi connectivity index (χ2v) is 3.21. The molecule has 1 aromatic rings. The number of nitrogens with two attached hydrogens (primary N) is 1. The number of aromatic nitrogens is 2. The molecule has 14 heavy (non-hydrogen) atoms. The van der Waals surface area contributed by atoms with Crippen LogP contribution >= 0.6 is 0 Å². The summed E-state index contributed by atoms with van der Waals surface area (Å²) in [5.74, 6) is -0.0153. The Labute approximate surface area is 83.5 Å². The van der Waals surface area contributed by atoms with E-state index in [2.05, 4.69) is 5.10 Å². The van der Waals surface area contributed by atoms with Crippen molar-refractivity contribution < 1.29 is 4.79 Å². The maximum atomic E-state index is 11.8. The van der Waals surface area contributed by atoms with Gasteiger partial charge >= 0.3 is 0 Å². The summed E-state index contributed by atoms with van der Waals surface area (Å²) in [5, 5.41) is 3.94. The summed E-state index contributed by atoms with van der Waals surface area (Å²) in [6.45, 7) is 1.28. The first-order valence-corrected chi connectivity index (χ1v) is 4.60. The number of carbonyl (C=O) groups excluding carboxylic acids is 1. The van der Waals surface area contributed by atoms with Crippen LogP contribution in [0.2, 0.25) is 0 Å². The fraction of sp³-hybridized carbons (Fsp3) is 0.556. The van der Waals surface area contributed by atoms with Crippen LogP contribution in [0.4, 0.5) is 0 Å². The number of amides is 1. The van der Waals surface area contributed by atoms with Crippen LogP contribution in [0.15, 0.2) is 12.3 Å². The van der Waals surface area contributed by atoms with Crippen LogP contribution in [0.1, 0.15) is 16.9 Å². The Bertz CT molecular complexity index is 308. The Morgan fingerprint density at radius 2 is 2.43 bits per heavy atom. The Morgan fingerprint density at radius 1 is 1.71 bits per heavy atom. The topological polar surface area (TPSA) is 64.2 Å². The van der Waals surface area contributed by atoms with Crippen molar-refractivity contribution >= 4 is 5.91 Å². The second-order valence-electron chi connectivity index (χ2n) is 3.21. The molecule has 0 spiro atoms. The van der Waals surface area contributed by atoms with Crippen molar-refractivity contribution in [2.24, 2.45) is 12.8 Å². The molecule has 5 nitrogen and oxygen atoms in total. The average molecular weight is 196 g/mol. The third-order valence-electron chi connectivity index (χ3n) is 2.08. The molecular weight excluding hydrogens is 180 g/mol. The van der Waals surface area contributed by atoms with E-state index in [1.807, 2.05) is 0 Å². The first kappa shape index (κ1) is 10.7. The molecule has 5 heteroatoms. The zero-order valence-electron chi connectivity index (χ0n) is 8.60. The Kier molecular flexibility index (Phi) is 3.64. The molecule has 78 valence electrons. The Balaban J connectivity index is 2.61. The van der Waals surface area contributed by atoms with Crippen molar-refractivity contribution in [2.75, 3.05) is 20.1 Å². The molecule has 0 aliphatic heterocycles. The number of carbonyl (C=O) groups is 1. The van der Waals surface area contributed by atoms with Crippen LogP contribution in [0.3, 0.4) is 0 Å². The van der Waals surface area contributed by atoms with E-state index in [0.717, 1.165) is 6.42 Å². The van der Waals surface area contributed by atoms with Crippen molar-refractivity contribution in [1.82, 2.24) is 14.7 Å². The molecule has 0 aliphatic rings. The minimum atomic E-state index is -0.0153. The number of hydrogen-bond donors (Lipinski definition) is 1. The molecule has 0 saturated carbocycles. The predicted octanol–water partition coefficient (Wildman–Crippen LogP) is -0.159. The zero-order chi connectivity index (χ0) is 10.6.